The van der Waals surface area contributed by atoms with E-state index in [0.717, 1.165) is 66.9 Å². The summed E-state index contributed by atoms with van der Waals surface area (Å²) in [5, 5.41) is 9.83. The van der Waals surface area contributed by atoms with Crippen molar-refractivity contribution in [1.82, 2.24) is 19.4 Å². The SMILES string of the molecule is Cc1ccc(N2CCC[C@H](N(Cc3ccnc(C)c3)Cc3cn(C4CC4)c4cc(N5CCC(C(=O)O)CC5)c(F)cc4c3=O)C2)cn1. The molecule has 0 unspecified atom stereocenters. The lowest BCUT2D eigenvalue weighted by Crippen LogP contribution is -2.48. The van der Waals surface area contributed by atoms with Crippen molar-refractivity contribution in [3.63, 3.8) is 0 Å². The van der Waals surface area contributed by atoms with Crippen LogP contribution in [0.2, 0.25) is 0 Å². The summed E-state index contributed by atoms with van der Waals surface area (Å²) >= 11 is 0. The number of carbonyl (C=O) groups is 1. The van der Waals surface area contributed by atoms with Crippen molar-refractivity contribution >= 4 is 28.2 Å². The number of anilines is 2. The van der Waals surface area contributed by atoms with Gasteiger partial charge in [-0.3, -0.25) is 24.5 Å². The molecule has 0 amide bonds. The van der Waals surface area contributed by atoms with Gasteiger partial charge in [-0.2, -0.15) is 0 Å². The fraction of sp³-hybridized carbons (Fsp3) is 0.459. The number of aryl methyl sites for hydroxylation is 2. The van der Waals surface area contributed by atoms with E-state index in [1.54, 1.807) is 0 Å². The first kappa shape index (κ1) is 31.3. The van der Waals surface area contributed by atoms with E-state index in [1.165, 1.54) is 6.07 Å². The van der Waals surface area contributed by atoms with Crippen LogP contribution in [0.3, 0.4) is 0 Å². The van der Waals surface area contributed by atoms with Crippen LogP contribution in [0.4, 0.5) is 15.8 Å². The first-order chi connectivity index (χ1) is 22.7. The van der Waals surface area contributed by atoms with Crippen LogP contribution in [0.25, 0.3) is 10.9 Å². The minimum atomic E-state index is -0.792. The van der Waals surface area contributed by atoms with E-state index >= 15 is 4.39 Å². The number of nitrogens with zero attached hydrogens (tertiary/aromatic N) is 6. The van der Waals surface area contributed by atoms with Gasteiger partial charge in [0.15, 0.2) is 5.43 Å². The van der Waals surface area contributed by atoms with E-state index in [-0.39, 0.29) is 17.5 Å². The van der Waals surface area contributed by atoms with Crippen LogP contribution >= 0.6 is 0 Å². The smallest absolute Gasteiger partial charge is 0.306 e. The van der Waals surface area contributed by atoms with Crippen molar-refractivity contribution in [2.75, 3.05) is 36.0 Å². The number of aliphatic carboxylic acids is 1. The van der Waals surface area contributed by atoms with Gasteiger partial charge in [0.05, 0.1) is 29.0 Å². The van der Waals surface area contributed by atoms with Crippen LogP contribution in [0.5, 0.6) is 0 Å². The molecule has 2 saturated heterocycles. The maximum atomic E-state index is 15.8. The van der Waals surface area contributed by atoms with E-state index in [2.05, 4.69) is 42.5 Å². The molecule has 9 nitrogen and oxygen atoms in total. The third kappa shape index (κ3) is 6.74. The lowest BCUT2D eigenvalue weighted by atomic mass is 9.96. The number of carboxylic acids is 1. The van der Waals surface area contributed by atoms with E-state index in [9.17, 15) is 14.7 Å². The lowest BCUT2D eigenvalue weighted by Gasteiger charge is -2.40. The van der Waals surface area contributed by atoms with Gasteiger partial charge in [-0.1, -0.05) is 0 Å². The number of carboxylic acid groups (broad SMARTS) is 1. The molecule has 47 heavy (non-hydrogen) atoms. The molecular weight excluding hydrogens is 595 g/mol. The van der Waals surface area contributed by atoms with Crippen molar-refractivity contribution in [1.29, 1.82) is 0 Å². The molecule has 3 aliphatic rings. The van der Waals surface area contributed by atoms with Crippen molar-refractivity contribution in [2.24, 2.45) is 5.92 Å². The first-order valence-electron chi connectivity index (χ1n) is 16.9. The van der Waals surface area contributed by atoms with Gasteiger partial charge in [0.1, 0.15) is 5.82 Å². The molecule has 1 atom stereocenters. The van der Waals surface area contributed by atoms with Crippen LogP contribution in [-0.2, 0) is 17.9 Å². The number of aromatic nitrogens is 3. The molecule has 1 N–H and O–H groups in total. The normalized spacial score (nSPS) is 19.1. The maximum Gasteiger partial charge on any atom is 0.306 e. The summed E-state index contributed by atoms with van der Waals surface area (Å²) < 4.78 is 18.0. The maximum absolute atomic E-state index is 15.8. The highest BCUT2D eigenvalue weighted by Crippen LogP contribution is 2.39. The van der Waals surface area contributed by atoms with Crippen LogP contribution in [0, 0.1) is 25.6 Å². The molecule has 0 radical (unpaired) electrons. The first-order valence-corrected chi connectivity index (χ1v) is 16.9. The van der Waals surface area contributed by atoms with E-state index < -0.39 is 17.7 Å². The number of hydrogen-bond donors (Lipinski definition) is 1. The monoisotopic (exact) mass is 638 g/mol. The van der Waals surface area contributed by atoms with Crippen molar-refractivity contribution in [3.8, 4) is 0 Å². The van der Waals surface area contributed by atoms with Gasteiger partial charge in [-0.25, -0.2) is 4.39 Å². The number of fused-ring (bicyclic) bond motifs is 1. The third-order valence-corrected chi connectivity index (χ3v) is 10.2. The second-order valence-corrected chi connectivity index (χ2v) is 13.7. The molecule has 246 valence electrons. The van der Waals surface area contributed by atoms with Crippen molar-refractivity contribution < 1.29 is 14.3 Å². The second-order valence-electron chi connectivity index (χ2n) is 13.7. The molecule has 7 rings (SSSR count). The van der Waals surface area contributed by atoms with Gasteiger partial charge in [0.2, 0.25) is 0 Å². The summed E-state index contributed by atoms with van der Waals surface area (Å²) in [5.74, 6) is -1.62. The second kappa shape index (κ2) is 13.1. The third-order valence-electron chi connectivity index (χ3n) is 10.2. The summed E-state index contributed by atoms with van der Waals surface area (Å²) in [4.78, 5) is 41.4. The minimum absolute atomic E-state index is 0.127. The molecule has 0 bridgehead atoms. The quantitative estimate of drug-likeness (QED) is 0.244. The molecule has 3 aromatic heterocycles. The van der Waals surface area contributed by atoms with Crippen LogP contribution in [-0.4, -0.2) is 62.7 Å². The van der Waals surface area contributed by atoms with Gasteiger partial charge in [-0.15, -0.1) is 0 Å². The zero-order chi connectivity index (χ0) is 32.7. The number of pyridine rings is 3. The number of rotatable bonds is 9. The van der Waals surface area contributed by atoms with Gasteiger partial charge >= 0.3 is 5.97 Å². The van der Waals surface area contributed by atoms with Crippen LogP contribution in [0.1, 0.15) is 67.1 Å². The van der Waals surface area contributed by atoms with Gasteiger partial charge in [0, 0.05) is 86.1 Å². The van der Waals surface area contributed by atoms with Crippen molar-refractivity contribution in [2.45, 2.75) is 77.5 Å². The fourth-order valence-corrected chi connectivity index (χ4v) is 7.40. The van der Waals surface area contributed by atoms with Crippen LogP contribution < -0.4 is 15.2 Å². The molecular formula is C37H43FN6O3. The number of piperidine rings is 2. The Morgan fingerprint density at radius 2 is 1.77 bits per heavy atom. The molecule has 3 fully saturated rings. The van der Waals surface area contributed by atoms with E-state index in [1.807, 2.05) is 49.5 Å². The topological polar surface area (TPSA) is 94.8 Å². The Labute approximate surface area is 274 Å². The number of benzene rings is 1. The zero-order valence-electron chi connectivity index (χ0n) is 27.2. The van der Waals surface area contributed by atoms with Crippen molar-refractivity contribution in [3.05, 3.63) is 93.5 Å². The number of hydrogen-bond acceptors (Lipinski definition) is 7. The molecule has 2 aliphatic heterocycles. The summed E-state index contributed by atoms with van der Waals surface area (Å²) in [6, 6.07) is 12.1. The largest absolute Gasteiger partial charge is 0.481 e. The molecule has 10 heteroatoms. The van der Waals surface area contributed by atoms with Gasteiger partial charge < -0.3 is 19.5 Å². The average Bonchev–Trinajstić information content (AvgIpc) is 3.92. The minimum Gasteiger partial charge on any atom is -0.481 e. The highest BCUT2D eigenvalue weighted by atomic mass is 19.1. The summed E-state index contributed by atoms with van der Waals surface area (Å²) in [7, 11) is 0. The Kier molecular flexibility index (Phi) is 8.70. The Morgan fingerprint density at radius 1 is 0.957 bits per heavy atom. The Hall–Kier alpha value is -4.31. The fourth-order valence-electron chi connectivity index (χ4n) is 7.40. The molecule has 0 spiro atoms. The zero-order valence-corrected chi connectivity index (χ0v) is 27.2. The molecule has 4 aromatic rings. The van der Waals surface area contributed by atoms with Gasteiger partial charge in [-0.05, 0) is 94.3 Å². The predicted molar refractivity (Wildman–Crippen MR) is 181 cm³/mol. The molecule has 1 aliphatic carbocycles. The van der Waals surface area contributed by atoms with Crippen LogP contribution in [0.15, 0.2) is 59.8 Å². The Bertz CT molecular complexity index is 1830. The molecule has 1 saturated carbocycles. The Morgan fingerprint density at radius 3 is 2.47 bits per heavy atom. The predicted octanol–water partition coefficient (Wildman–Crippen LogP) is 5.85. The van der Waals surface area contributed by atoms with E-state index in [4.69, 9.17) is 0 Å². The lowest BCUT2D eigenvalue weighted by molar-refractivity contribution is -0.142. The summed E-state index contributed by atoms with van der Waals surface area (Å²) in [6.45, 7) is 7.87. The summed E-state index contributed by atoms with van der Waals surface area (Å²) in [5.41, 5.74) is 5.97. The highest BCUT2D eigenvalue weighted by Gasteiger charge is 2.31. The molecule has 1 aromatic carbocycles. The molecule has 5 heterocycles. The van der Waals surface area contributed by atoms with E-state index in [0.29, 0.717) is 55.7 Å². The number of halogens is 1. The highest BCUT2D eigenvalue weighted by molar-refractivity contribution is 5.84. The standard InChI is InChI=1S/C37H43FN6O3/c1-24-5-6-30(19-40-24)42-13-3-4-31(23-42)43(20-26-9-12-39-25(2)16-26)21-28-22-44(29-7-8-29)34-18-35(33(38)17-32(34)36(28)45)41-14-10-27(11-15-41)37(46)47/h5-6,9,12,16-19,22,27,29,31H,3-4,7-8,10-11,13-15,20-21,23H2,1-2H3,(H,46,47)/t31-/m0/s1. The Balaban J connectivity index is 1.22. The summed E-state index contributed by atoms with van der Waals surface area (Å²) in [6.07, 6.45) is 10.9. The van der Waals surface area contributed by atoms with Gasteiger partial charge in [0.25, 0.3) is 0 Å². The average molecular weight is 639 g/mol.